The third-order valence-corrected chi connectivity index (χ3v) is 8.29. The van der Waals surface area contributed by atoms with Crippen LogP contribution in [0, 0.1) is 0 Å². The van der Waals surface area contributed by atoms with Crippen LogP contribution in [0.1, 0.15) is 0 Å². The van der Waals surface area contributed by atoms with Crippen LogP contribution >= 0.6 is 22.7 Å². The molecule has 4 aromatic heterocycles. The zero-order valence-corrected chi connectivity index (χ0v) is 19.7. The van der Waals surface area contributed by atoms with Gasteiger partial charge in [0.05, 0.1) is 26.5 Å². The first-order valence-electron chi connectivity index (χ1n) is 11.1. The Morgan fingerprint density at radius 1 is 0.529 bits per heavy atom. The number of rotatable bonds is 4. The van der Waals surface area contributed by atoms with Crippen molar-refractivity contribution >= 4 is 43.0 Å². The summed E-state index contributed by atoms with van der Waals surface area (Å²) in [4.78, 5) is 13.2. The minimum Gasteiger partial charge on any atom is -0.354 e. The van der Waals surface area contributed by atoms with Crippen molar-refractivity contribution in [2.75, 3.05) is 0 Å². The highest BCUT2D eigenvalue weighted by atomic mass is 32.1. The van der Waals surface area contributed by atoms with Crippen LogP contribution in [-0.2, 0) is 0 Å². The SMILES string of the molecule is c1cc(-c2ccc(-c3cc4ccccc4s3)[nH]2)cc(-c2ccc(-c3nc4ccccc4s3)[nH]2)c1. The second-order valence-electron chi connectivity index (χ2n) is 8.29. The maximum atomic E-state index is 4.79. The molecular weight excluding hydrogens is 454 g/mol. The number of hydrogen-bond acceptors (Lipinski definition) is 3. The number of para-hydroxylation sites is 1. The van der Waals surface area contributed by atoms with Crippen molar-refractivity contribution in [3.05, 3.63) is 103 Å². The first-order chi connectivity index (χ1) is 16.8. The summed E-state index contributed by atoms with van der Waals surface area (Å²) in [5, 5.41) is 2.30. The summed E-state index contributed by atoms with van der Waals surface area (Å²) in [5.41, 5.74) is 7.78. The van der Waals surface area contributed by atoms with Gasteiger partial charge in [-0.2, -0.15) is 0 Å². The number of aromatic nitrogens is 3. The van der Waals surface area contributed by atoms with Crippen LogP contribution in [0.2, 0.25) is 0 Å². The molecule has 5 heteroatoms. The molecule has 7 rings (SSSR count). The Morgan fingerprint density at radius 2 is 1.21 bits per heavy atom. The van der Waals surface area contributed by atoms with Gasteiger partial charge in [-0.3, -0.25) is 0 Å². The molecule has 0 saturated carbocycles. The maximum absolute atomic E-state index is 4.79. The number of nitrogens with zero attached hydrogens (tertiary/aromatic N) is 1. The molecule has 3 aromatic carbocycles. The van der Waals surface area contributed by atoms with E-state index in [-0.39, 0.29) is 0 Å². The van der Waals surface area contributed by atoms with Gasteiger partial charge in [0.15, 0.2) is 0 Å². The Morgan fingerprint density at radius 3 is 2.00 bits per heavy atom. The summed E-state index contributed by atoms with van der Waals surface area (Å²) in [7, 11) is 0. The van der Waals surface area contributed by atoms with Crippen LogP contribution in [0.4, 0.5) is 0 Å². The number of thiazole rings is 1. The Bertz CT molecular complexity index is 1590. The number of hydrogen-bond donors (Lipinski definition) is 2. The lowest BCUT2D eigenvalue weighted by molar-refractivity contribution is 1.36. The molecule has 7 aromatic rings. The van der Waals surface area contributed by atoms with E-state index in [9.17, 15) is 0 Å². The zero-order chi connectivity index (χ0) is 22.5. The van der Waals surface area contributed by atoms with Crippen LogP contribution in [0.25, 0.3) is 64.1 Å². The third-order valence-electron chi connectivity index (χ3n) is 6.07. The number of nitrogens with one attached hydrogen (secondary N) is 2. The monoisotopic (exact) mass is 473 g/mol. The summed E-state index contributed by atoms with van der Waals surface area (Å²) in [6.45, 7) is 0. The van der Waals surface area contributed by atoms with Gasteiger partial charge < -0.3 is 9.97 Å². The van der Waals surface area contributed by atoms with E-state index in [1.165, 1.54) is 25.2 Å². The Labute approximate surface area is 204 Å². The van der Waals surface area contributed by atoms with Gasteiger partial charge in [-0.25, -0.2) is 4.98 Å². The number of thiophene rings is 1. The largest absolute Gasteiger partial charge is 0.354 e. The predicted octanol–water partition coefficient (Wildman–Crippen LogP) is 8.84. The van der Waals surface area contributed by atoms with Gasteiger partial charge in [-0.1, -0.05) is 48.5 Å². The smallest absolute Gasteiger partial charge is 0.140 e. The molecule has 3 nitrogen and oxygen atoms in total. The molecule has 0 aliphatic carbocycles. The highest BCUT2D eigenvalue weighted by molar-refractivity contribution is 7.22. The standard InChI is InChI=1S/C29H19N3S2/c1-3-10-26-20(6-1)17-28(33-26)24-14-12-21(30-24)18-7-5-8-19(16-18)22-13-15-25(31-22)29-32-23-9-2-4-11-27(23)34-29/h1-17,30-31H. The summed E-state index contributed by atoms with van der Waals surface area (Å²) in [6.07, 6.45) is 0. The van der Waals surface area contributed by atoms with Crippen LogP contribution in [-0.4, -0.2) is 15.0 Å². The fourth-order valence-electron chi connectivity index (χ4n) is 4.35. The molecule has 0 spiro atoms. The van der Waals surface area contributed by atoms with Gasteiger partial charge in [0, 0.05) is 16.1 Å². The number of benzene rings is 3. The van der Waals surface area contributed by atoms with Gasteiger partial charge in [-0.15, -0.1) is 22.7 Å². The molecule has 0 radical (unpaired) electrons. The molecule has 0 atom stereocenters. The summed E-state index contributed by atoms with van der Waals surface area (Å²) >= 11 is 3.53. The maximum Gasteiger partial charge on any atom is 0.140 e. The fraction of sp³-hybridized carbons (Fsp3) is 0. The lowest BCUT2D eigenvalue weighted by atomic mass is 10.1. The highest BCUT2D eigenvalue weighted by Crippen LogP contribution is 2.35. The van der Waals surface area contributed by atoms with Crippen molar-refractivity contribution < 1.29 is 0 Å². The van der Waals surface area contributed by atoms with Crippen molar-refractivity contribution in [3.63, 3.8) is 0 Å². The normalized spacial score (nSPS) is 11.5. The van der Waals surface area contributed by atoms with Crippen molar-refractivity contribution in [2.24, 2.45) is 0 Å². The predicted molar refractivity (Wildman–Crippen MR) is 145 cm³/mol. The first-order valence-corrected chi connectivity index (χ1v) is 12.8. The van der Waals surface area contributed by atoms with Crippen molar-refractivity contribution in [3.8, 4) is 43.8 Å². The highest BCUT2D eigenvalue weighted by Gasteiger charge is 2.11. The van der Waals surface area contributed by atoms with E-state index in [1.54, 1.807) is 11.3 Å². The molecule has 2 N–H and O–H groups in total. The summed E-state index contributed by atoms with van der Waals surface area (Å²) in [6, 6.07) is 36.3. The fourth-order valence-corrected chi connectivity index (χ4v) is 6.34. The lowest BCUT2D eigenvalue weighted by Crippen LogP contribution is -1.83. The van der Waals surface area contributed by atoms with Gasteiger partial charge in [0.25, 0.3) is 0 Å². The van der Waals surface area contributed by atoms with E-state index in [0.29, 0.717) is 0 Å². The van der Waals surface area contributed by atoms with Gasteiger partial charge in [-0.05, 0) is 71.1 Å². The molecule has 34 heavy (non-hydrogen) atoms. The Hall–Kier alpha value is -3.93. The Kier molecular flexibility index (Phi) is 4.50. The van der Waals surface area contributed by atoms with Crippen molar-refractivity contribution in [1.29, 1.82) is 0 Å². The number of fused-ring (bicyclic) bond motifs is 2. The van der Waals surface area contributed by atoms with Gasteiger partial charge >= 0.3 is 0 Å². The molecule has 0 saturated heterocycles. The van der Waals surface area contributed by atoms with E-state index >= 15 is 0 Å². The number of aromatic amines is 2. The second-order valence-corrected chi connectivity index (χ2v) is 10.4. The van der Waals surface area contributed by atoms with E-state index in [0.717, 1.165) is 38.9 Å². The van der Waals surface area contributed by atoms with Crippen molar-refractivity contribution in [1.82, 2.24) is 15.0 Å². The van der Waals surface area contributed by atoms with Crippen LogP contribution in [0.15, 0.2) is 103 Å². The van der Waals surface area contributed by atoms with Crippen molar-refractivity contribution in [2.45, 2.75) is 0 Å². The van der Waals surface area contributed by atoms with Gasteiger partial charge in [0.1, 0.15) is 5.01 Å². The quantitative estimate of drug-likeness (QED) is 0.263. The summed E-state index contributed by atoms with van der Waals surface area (Å²) < 4.78 is 2.52. The van der Waals surface area contributed by atoms with Crippen LogP contribution in [0.5, 0.6) is 0 Å². The lowest BCUT2D eigenvalue weighted by Gasteiger charge is -2.03. The van der Waals surface area contributed by atoms with E-state index in [2.05, 4.69) is 107 Å². The van der Waals surface area contributed by atoms with Crippen LogP contribution < -0.4 is 0 Å². The third kappa shape index (κ3) is 3.37. The summed E-state index contributed by atoms with van der Waals surface area (Å²) in [5.74, 6) is 0. The average molecular weight is 474 g/mol. The van der Waals surface area contributed by atoms with E-state index < -0.39 is 0 Å². The molecule has 0 unspecified atom stereocenters. The average Bonchev–Trinajstić information content (AvgIpc) is 3.67. The second kappa shape index (κ2) is 7.83. The minimum absolute atomic E-state index is 1.01. The molecular formula is C29H19N3S2. The topological polar surface area (TPSA) is 44.5 Å². The van der Waals surface area contributed by atoms with Gasteiger partial charge in [0.2, 0.25) is 0 Å². The molecule has 0 aliphatic rings. The molecule has 0 amide bonds. The molecule has 0 fully saturated rings. The molecule has 0 aliphatic heterocycles. The van der Waals surface area contributed by atoms with E-state index in [1.807, 2.05) is 17.4 Å². The number of H-pyrrole nitrogens is 2. The molecule has 4 heterocycles. The van der Waals surface area contributed by atoms with Crippen LogP contribution in [0.3, 0.4) is 0 Å². The first kappa shape index (κ1) is 19.5. The Balaban J connectivity index is 1.20. The van der Waals surface area contributed by atoms with E-state index in [4.69, 9.17) is 4.98 Å². The minimum atomic E-state index is 1.01. The molecule has 162 valence electrons. The zero-order valence-electron chi connectivity index (χ0n) is 18.1. The molecule has 0 bridgehead atoms.